The molecule has 0 atom stereocenters. The van der Waals surface area contributed by atoms with Gasteiger partial charge < -0.3 is 4.74 Å². The third-order valence-corrected chi connectivity index (χ3v) is 1.29. The topological polar surface area (TPSA) is 9.23 Å². The zero-order valence-corrected chi connectivity index (χ0v) is 6.16. The summed E-state index contributed by atoms with van der Waals surface area (Å²) >= 11 is 0. The predicted octanol–water partition coefficient (Wildman–Crippen LogP) is 2.07. The molecule has 0 bridgehead atoms. The molecule has 1 aliphatic carbocycles. The summed E-state index contributed by atoms with van der Waals surface area (Å²) in [4.78, 5) is 0. The third-order valence-electron chi connectivity index (χ3n) is 1.29. The Bertz CT molecular complexity index is 150. The summed E-state index contributed by atoms with van der Waals surface area (Å²) in [5.41, 5.74) is 0. The molecule has 0 radical (unpaired) electrons. The number of hydrogen-bond donors (Lipinski definition) is 0. The van der Waals surface area contributed by atoms with Crippen LogP contribution in [0.4, 0.5) is 0 Å². The Labute approximate surface area is 61.7 Å². The van der Waals surface area contributed by atoms with Crippen molar-refractivity contribution in [3.63, 3.8) is 0 Å². The van der Waals surface area contributed by atoms with Crippen molar-refractivity contribution < 1.29 is 4.74 Å². The van der Waals surface area contributed by atoms with E-state index in [-0.39, 0.29) is 6.10 Å². The van der Waals surface area contributed by atoms with Crippen LogP contribution in [0.1, 0.15) is 6.92 Å². The third kappa shape index (κ3) is 2.19. The second-order valence-corrected chi connectivity index (χ2v) is 2.07. The first-order valence-electron chi connectivity index (χ1n) is 3.56. The van der Waals surface area contributed by atoms with Crippen molar-refractivity contribution in [3.05, 3.63) is 36.5 Å². The first-order chi connectivity index (χ1) is 4.93. The van der Waals surface area contributed by atoms with Crippen molar-refractivity contribution in [1.82, 2.24) is 0 Å². The summed E-state index contributed by atoms with van der Waals surface area (Å²) in [6.45, 7) is 2.76. The molecule has 0 fully saturated rings. The van der Waals surface area contributed by atoms with E-state index >= 15 is 0 Å². The quantitative estimate of drug-likeness (QED) is 0.564. The van der Waals surface area contributed by atoms with Crippen LogP contribution in [0, 0.1) is 0 Å². The Morgan fingerprint density at radius 1 is 1.10 bits per heavy atom. The molecule has 54 valence electrons. The monoisotopic (exact) mass is 136 g/mol. The number of hydrogen-bond acceptors (Lipinski definition) is 1. The van der Waals surface area contributed by atoms with Gasteiger partial charge in [-0.05, 0) is 6.92 Å². The van der Waals surface area contributed by atoms with E-state index < -0.39 is 0 Å². The van der Waals surface area contributed by atoms with Crippen molar-refractivity contribution in [2.75, 3.05) is 6.61 Å². The smallest absolute Gasteiger partial charge is 0.0943 e. The normalized spacial score (nSPS) is 17.7. The van der Waals surface area contributed by atoms with Gasteiger partial charge in [-0.15, -0.1) is 0 Å². The summed E-state index contributed by atoms with van der Waals surface area (Å²) < 4.78 is 5.35. The van der Waals surface area contributed by atoms with Gasteiger partial charge in [0, 0.05) is 6.61 Å². The molecule has 0 aromatic carbocycles. The van der Waals surface area contributed by atoms with Gasteiger partial charge >= 0.3 is 0 Å². The zero-order valence-electron chi connectivity index (χ0n) is 6.16. The highest BCUT2D eigenvalue weighted by atomic mass is 16.5. The molecule has 0 heterocycles. The van der Waals surface area contributed by atoms with E-state index in [2.05, 4.69) is 0 Å². The standard InChI is InChI=1S/C9H12O/c1-2-10-9-7-5-3-4-6-8-9/h3-9H,2H2,1H3. The van der Waals surface area contributed by atoms with Crippen LogP contribution in [-0.4, -0.2) is 12.7 Å². The maximum absolute atomic E-state index is 5.35. The average Bonchev–Trinajstić information content (AvgIpc) is 2.17. The van der Waals surface area contributed by atoms with E-state index in [4.69, 9.17) is 4.74 Å². The van der Waals surface area contributed by atoms with E-state index in [0.717, 1.165) is 6.61 Å². The van der Waals surface area contributed by atoms with Gasteiger partial charge in [-0.2, -0.15) is 0 Å². The Morgan fingerprint density at radius 2 is 1.70 bits per heavy atom. The highest BCUT2D eigenvalue weighted by Gasteiger charge is 1.96. The Hall–Kier alpha value is -0.820. The van der Waals surface area contributed by atoms with Crippen LogP contribution in [-0.2, 0) is 4.74 Å². The van der Waals surface area contributed by atoms with E-state index in [1.165, 1.54) is 0 Å². The predicted molar refractivity (Wildman–Crippen MR) is 42.8 cm³/mol. The number of rotatable bonds is 2. The fourth-order valence-corrected chi connectivity index (χ4v) is 0.843. The molecule has 0 spiro atoms. The molecule has 0 saturated heterocycles. The van der Waals surface area contributed by atoms with Gasteiger partial charge in [0.1, 0.15) is 0 Å². The minimum absolute atomic E-state index is 0.167. The molecule has 0 aromatic rings. The largest absolute Gasteiger partial charge is 0.370 e. The molecule has 0 saturated carbocycles. The second-order valence-electron chi connectivity index (χ2n) is 2.07. The van der Waals surface area contributed by atoms with Gasteiger partial charge in [0.2, 0.25) is 0 Å². The lowest BCUT2D eigenvalue weighted by Gasteiger charge is -2.05. The molecule has 1 nitrogen and oxygen atoms in total. The van der Waals surface area contributed by atoms with Gasteiger partial charge in [0.15, 0.2) is 0 Å². The molecular weight excluding hydrogens is 124 g/mol. The highest BCUT2D eigenvalue weighted by molar-refractivity contribution is 5.20. The van der Waals surface area contributed by atoms with Crippen molar-refractivity contribution in [2.24, 2.45) is 0 Å². The zero-order chi connectivity index (χ0) is 7.23. The van der Waals surface area contributed by atoms with Crippen LogP contribution in [0.25, 0.3) is 0 Å². The molecule has 10 heavy (non-hydrogen) atoms. The van der Waals surface area contributed by atoms with Crippen LogP contribution in [0.5, 0.6) is 0 Å². The van der Waals surface area contributed by atoms with Gasteiger partial charge in [0.25, 0.3) is 0 Å². The molecule has 1 aliphatic rings. The van der Waals surface area contributed by atoms with Crippen LogP contribution >= 0.6 is 0 Å². The minimum Gasteiger partial charge on any atom is -0.370 e. The van der Waals surface area contributed by atoms with Gasteiger partial charge in [-0.1, -0.05) is 36.5 Å². The molecular formula is C9H12O. The Kier molecular flexibility index (Phi) is 2.97. The van der Waals surface area contributed by atoms with Crippen LogP contribution < -0.4 is 0 Å². The fourth-order valence-electron chi connectivity index (χ4n) is 0.843. The summed E-state index contributed by atoms with van der Waals surface area (Å²) in [5.74, 6) is 0. The summed E-state index contributed by atoms with van der Waals surface area (Å²) in [6.07, 6.45) is 12.2. The van der Waals surface area contributed by atoms with E-state index in [9.17, 15) is 0 Å². The minimum atomic E-state index is 0.167. The van der Waals surface area contributed by atoms with Gasteiger partial charge in [-0.25, -0.2) is 0 Å². The lowest BCUT2D eigenvalue weighted by Crippen LogP contribution is -2.04. The highest BCUT2D eigenvalue weighted by Crippen LogP contribution is 2.00. The SMILES string of the molecule is CCOC1C=CC=CC=C1. The van der Waals surface area contributed by atoms with Crippen molar-refractivity contribution in [1.29, 1.82) is 0 Å². The van der Waals surface area contributed by atoms with E-state index in [1.807, 2.05) is 43.4 Å². The van der Waals surface area contributed by atoms with Gasteiger partial charge in [-0.3, -0.25) is 0 Å². The van der Waals surface area contributed by atoms with E-state index in [1.54, 1.807) is 0 Å². The molecule has 0 N–H and O–H groups in total. The maximum Gasteiger partial charge on any atom is 0.0943 e. The number of ether oxygens (including phenoxy) is 1. The second kappa shape index (κ2) is 4.07. The first kappa shape index (κ1) is 7.29. The lowest BCUT2D eigenvalue weighted by molar-refractivity contribution is 0.128. The van der Waals surface area contributed by atoms with Crippen LogP contribution in [0.3, 0.4) is 0 Å². The molecule has 0 aliphatic heterocycles. The van der Waals surface area contributed by atoms with Crippen molar-refractivity contribution >= 4 is 0 Å². The first-order valence-corrected chi connectivity index (χ1v) is 3.56. The van der Waals surface area contributed by atoms with Crippen LogP contribution in [0.2, 0.25) is 0 Å². The molecule has 0 aromatic heterocycles. The molecule has 1 rings (SSSR count). The maximum atomic E-state index is 5.35. The molecule has 0 unspecified atom stereocenters. The van der Waals surface area contributed by atoms with Crippen molar-refractivity contribution in [3.8, 4) is 0 Å². The summed E-state index contributed by atoms with van der Waals surface area (Å²) in [6, 6.07) is 0. The fraction of sp³-hybridized carbons (Fsp3) is 0.333. The Morgan fingerprint density at radius 3 is 2.20 bits per heavy atom. The average molecular weight is 136 g/mol. The summed E-state index contributed by atoms with van der Waals surface area (Å²) in [5, 5.41) is 0. The Balaban J connectivity index is 2.46. The van der Waals surface area contributed by atoms with Crippen LogP contribution in [0.15, 0.2) is 36.5 Å². The lowest BCUT2D eigenvalue weighted by atomic mass is 10.3. The molecule has 1 heteroatoms. The van der Waals surface area contributed by atoms with Gasteiger partial charge in [0.05, 0.1) is 6.10 Å². The molecule has 0 amide bonds. The number of allylic oxidation sites excluding steroid dienone is 4. The summed E-state index contributed by atoms with van der Waals surface area (Å²) in [7, 11) is 0. The van der Waals surface area contributed by atoms with Crippen molar-refractivity contribution in [2.45, 2.75) is 13.0 Å². The van der Waals surface area contributed by atoms with E-state index in [0.29, 0.717) is 0 Å².